The Bertz CT molecular complexity index is 749. The molecule has 0 saturated carbocycles. The Balaban J connectivity index is 3.46. The minimum Gasteiger partial charge on any atom is -0.497 e. The first-order valence-corrected chi connectivity index (χ1v) is 16.1. The molecule has 0 fully saturated rings. The first kappa shape index (κ1) is 24.8. The lowest BCUT2D eigenvalue weighted by atomic mass is 10.1. The minimum atomic E-state index is -1.95. The van der Waals surface area contributed by atoms with E-state index in [9.17, 15) is 5.11 Å². The third-order valence-electron chi connectivity index (χ3n) is 6.81. The zero-order valence-corrected chi connectivity index (χ0v) is 21.8. The maximum atomic E-state index is 11.3. The molecule has 0 spiro atoms. The van der Waals surface area contributed by atoms with Gasteiger partial charge in [0.05, 0.1) is 21.3 Å². The van der Waals surface area contributed by atoms with Gasteiger partial charge in [-0.25, -0.2) is 0 Å². The summed E-state index contributed by atoms with van der Waals surface area (Å²) in [5.74, 6) is 4.18. The highest BCUT2D eigenvalue weighted by molar-refractivity contribution is 6.88. The number of aliphatic hydroxyl groups excluding tert-OH is 1. The predicted octanol–water partition coefficient (Wildman–Crippen LogP) is 6.75. The van der Waals surface area contributed by atoms with Crippen molar-refractivity contribution in [2.24, 2.45) is 0 Å². The van der Waals surface area contributed by atoms with Crippen molar-refractivity contribution >= 4 is 16.1 Å². The smallest absolute Gasteiger partial charge is 0.138 e. The maximum Gasteiger partial charge on any atom is 0.138 e. The van der Waals surface area contributed by atoms with Crippen LogP contribution in [0.3, 0.4) is 0 Å². The second kappa shape index (κ2) is 8.61. The lowest BCUT2D eigenvalue weighted by molar-refractivity contribution is 0.221. The van der Waals surface area contributed by atoms with E-state index < -0.39 is 22.3 Å². The summed E-state index contributed by atoms with van der Waals surface area (Å²) < 4.78 is 5.26. The third kappa shape index (κ3) is 5.62. The summed E-state index contributed by atoms with van der Waals surface area (Å²) in [5.41, 5.74) is 4.48. The van der Waals surface area contributed by atoms with Crippen molar-refractivity contribution in [3.8, 4) is 17.2 Å². The molecule has 0 saturated heterocycles. The first-order chi connectivity index (χ1) is 12.5. The van der Waals surface area contributed by atoms with Crippen molar-refractivity contribution in [1.82, 2.24) is 0 Å². The number of benzene rings is 1. The molecule has 0 aliphatic heterocycles. The van der Waals surface area contributed by atoms with Crippen LogP contribution in [-0.2, 0) is 0 Å². The van der Waals surface area contributed by atoms with Gasteiger partial charge in [0.2, 0.25) is 0 Å². The molecule has 1 aromatic carbocycles. The zero-order valence-electron chi connectivity index (χ0n) is 19.8. The van der Waals surface area contributed by atoms with Crippen LogP contribution >= 0.6 is 0 Å². The second-order valence-corrected chi connectivity index (χ2v) is 21.1. The number of hydrogen-bond acceptors (Lipinski definition) is 2. The Hall–Kier alpha value is -1.29. The van der Waals surface area contributed by atoms with Crippen LogP contribution in [0.15, 0.2) is 35.5 Å². The van der Waals surface area contributed by atoms with Gasteiger partial charge in [-0.3, -0.25) is 0 Å². The van der Waals surface area contributed by atoms with Gasteiger partial charge in [0.15, 0.2) is 0 Å². The van der Waals surface area contributed by atoms with E-state index in [1.807, 2.05) is 30.3 Å². The second-order valence-electron chi connectivity index (χ2n) is 10.8. The topological polar surface area (TPSA) is 29.5 Å². The predicted molar refractivity (Wildman–Crippen MR) is 128 cm³/mol. The van der Waals surface area contributed by atoms with E-state index in [1.54, 1.807) is 7.11 Å². The fraction of sp³-hybridized carbons (Fsp3) is 0.583. The first-order valence-electron chi connectivity index (χ1n) is 10.1. The highest BCUT2D eigenvalue weighted by atomic mass is 28.3. The van der Waals surface area contributed by atoms with E-state index in [-0.39, 0.29) is 10.1 Å². The van der Waals surface area contributed by atoms with Crippen LogP contribution in [0.2, 0.25) is 36.3 Å². The highest BCUT2D eigenvalue weighted by Gasteiger charge is 2.41. The van der Waals surface area contributed by atoms with Gasteiger partial charge < -0.3 is 9.84 Å². The molecular formula is C24H40O2Si2. The van der Waals surface area contributed by atoms with Gasteiger partial charge >= 0.3 is 0 Å². The average Bonchev–Trinajstić information content (AvgIpc) is 2.56. The number of hydrogen-bond donors (Lipinski definition) is 1. The fourth-order valence-electron chi connectivity index (χ4n) is 2.48. The van der Waals surface area contributed by atoms with E-state index >= 15 is 0 Å². The lowest BCUT2D eigenvalue weighted by Gasteiger charge is -2.40. The van der Waals surface area contributed by atoms with E-state index in [0.717, 1.165) is 16.5 Å². The van der Waals surface area contributed by atoms with Crippen LogP contribution in [0, 0.1) is 11.5 Å². The van der Waals surface area contributed by atoms with E-state index in [1.165, 1.54) is 0 Å². The van der Waals surface area contributed by atoms with Gasteiger partial charge in [-0.15, -0.1) is 5.54 Å². The van der Waals surface area contributed by atoms with Gasteiger partial charge in [0.25, 0.3) is 0 Å². The molecule has 0 aliphatic rings. The van der Waals surface area contributed by atoms with E-state index in [0.29, 0.717) is 0 Å². The number of ether oxygens (including phenoxy) is 1. The van der Waals surface area contributed by atoms with Gasteiger partial charge in [-0.05, 0) is 39.0 Å². The summed E-state index contributed by atoms with van der Waals surface area (Å²) in [4.78, 5) is 0. The fourth-order valence-corrected chi connectivity index (χ4v) is 5.44. The molecule has 1 rings (SSSR count). The normalized spacial score (nSPS) is 14.9. The summed E-state index contributed by atoms with van der Waals surface area (Å²) in [5, 5.41) is 12.7. The molecule has 2 nitrogen and oxygen atoms in total. The summed E-state index contributed by atoms with van der Waals surface area (Å²) in [6.45, 7) is 23.0. The van der Waals surface area contributed by atoms with Gasteiger partial charge in [-0.1, -0.05) is 85.8 Å². The number of methoxy groups -OCH3 is 1. The van der Waals surface area contributed by atoms with Crippen molar-refractivity contribution < 1.29 is 9.84 Å². The number of rotatable bonds is 4. The lowest BCUT2D eigenvalue weighted by Crippen LogP contribution is -2.42. The molecule has 1 unspecified atom stereocenters. The van der Waals surface area contributed by atoms with Crippen LogP contribution in [-0.4, -0.2) is 28.4 Å². The Morgan fingerprint density at radius 1 is 0.964 bits per heavy atom. The van der Waals surface area contributed by atoms with Crippen molar-refractivity contribution in [3.63, 3.8) is 0 Å². The van der Waals surface area contributed by atoms with Crippen molar-refractivity contribution in [3.05, 3.63) is 41.1 Å². The maximum absolute atomic E-state index is 11.3. The molecule has 0 heterocycles. The van der Waals surface area contributed by atoms with Gasteiger partial charge in [-0.2, -0.15) is 0 Å². The molecule has 28 heavy (non-hydrogen) atoms. The molecule has 0 radical (unpaired) electrons. The SMILES string of the molecule is COc1ccc(C(O)/C(=C/C#C[Si](C)(C)C(C)(C)C)[Si](C)(C)C(C)(C)C)cc1. The van der Waals surface area contributed by atoms with Crippen LogP contribution < -0.4 is 4.74 Å². The summed E-state index contributed by atoms with van der Waals surface area (Å²) >= 11 is 0. The van der Waals surface area contributed by atoms with Crippen LogP contribution in [0.1, 0.15) is 53.2 Å². The Morgan fingerprint density at radius 2 is 1.46 bits per heavy atom. The van der Waals surface area contributed by atoms with Crippen LogP contribution in [0.4, 0.5) is 0 Å². The minimum absolute atomic E-state index is 0.116. The molecule has 4 heteroatoms. The molecule has 1 aromatic rings. The van der Waals surface area contributed by atoms with Crippen LogP contribution in [0.5, 0.6) is 5.75 Å². The van der Waals surface area contributed by atoms with Crippen molar-refractivity contribution in [2.45, 2.75) is 83.9 Å². The van der Waals surface area contributed by atoms with Crippen molar-refractivity contribution in [1.29, 1.82) is 0 Å². The molecule has 1 N–H and O–H groups in total. The summed E-state index contributed by atoms with van der Waals surface area (Å²) in [6, 6.07) is 7.71. The summed E-state index contributed by atoms with van der Waals surface area (Å²) in [7, 11) is -1.99. The zero-order chi connectivity index (χ0) is 22.0. The molecular weight excluding hydrogens is 376 g/mol. The standard InChI is InChI=1S/C24H40O2Si2/c1-23(2,3)27(8,9)18-12-13-21(28(10,11)24(4,5)6)22(25)19-14-16-20(26-7)17-15-19/h13-17,22,25H,1-11H3/b21-13-. The average molecular weight is 417 g/mol. The molecule has 156 valence electrons. The Kier molecular flexibility index (Phi) is 7.61. The Morgan fingerprint density at radius 3 is 1.86 bits per heavy atom. The quantitative estimate of drug-likeness (QED) is 0.434. The van der Waals surface area contributed by atoms with E-state index in [2.05, 4.69) is 79.2 Å². The van der Waals surface area contributed by atoms with E-state index in [4.69, 9.17) is 4.74 Å². The largest absolute Gasteiger partial charge is 0.497 e. The molecule has 1 atom stereocenters. The third-order valence-corrected chi connectivity index (χ3v) is 16.9. The number of aliphatic hydroxyl groups is 1. The highest BCUT2D eigenvalue weighted by Crippen LogP contribution is 2.44. The van der Waals surface area contributed by atoms with Gasteiger partial charge in [0, 0.05) is 0 Å². The van der Waals surface area contributed by atoms with Crippen LogP contribution in [0.25, 0.3) is 0 Å². The summed E-state index contributed by atoms with van der Waals surface area (Å²) in [6.07, 6.45) is 1.40. The van der Waals surface area contributed by atoms with Gasteiger partial charge in [0.1, 0.15) is 13.8 Å². The molecule has 0 bridgehead atoms. The van der Waals surface area contributed by atoms with Crippen molar-refractivity contribution in [2.75, 3.05) is 7.11 Å². The molecule has 0 aliphatic carbocycles. The Labute approximate surface area is 175 Å². The molecule has 0 amide bonds. The molecule has 0 aromatic heterocycles. The monoisotopic (exact) mass is 416 g/mol. The number of allylic oxidation sites excluding steroid dienone is 1.